The van der Waals surface area contributed by atoms with Crippen molar-refractivity contribution in [3.8, 4) is 11.8 Å². The van der Waals surface area contributed by atoms with Gasteiger partial charge in [-0.1, -0.05) is 72.5 Å². The van der Waals surface area contributed by atoms with E-state index in [1.165, 1.54) is 17.5 Å². The molecule has 5 aromatic carbocycles. The number of benzene rings is 5. The lowest BCUT2D eigenvalue weighted by Crippen LogP contribution is -2.03. The number of para-hydroxylation sites is 1. The highest BCUT2D eigenvalue weighted by Gasteiger charge is 2.18. The monoisotopic (exact) mass is 442 g/mol. The minimum Gasteiger partial charge on any atom is -0.477 e. The molecule has 0 fully saturated rings. The largest absolute Gasteiger partial charge is 0.477 e. The maximum Gasteiger partial charge on any atom is 0.354 e. The number of nitro benzene ring substituents is 1. The Kier molecular flexibility index (Phi) is 4.19. The predicted octanol–water partition coefficient (Wildman–Crippen LogP) is 6.14. The van der Waals surface area contributed by atoms with E-state index < -0.39 is 10.9 Å². The van der Waals surface area contributed by atoms with Crippen LogP contribution in [0, 0.1) is 22.0 Å². The first-order valence-electron chi connectivity index (χ1n) is 10.5. The van der Waals surface area contributed by atoms with Crippen molar-refractivity contribution in [2.45, 2.75) is 0 Å². The second-order valence-electron chi connectivity index (χ2n) is 8.01. The highest BCUT2D eigenvalue weighted by molar-refractivity contribution is 6.23. The van der Waals surface area contributed by atoms with Crippen LogP contribution in [-0.4, -0.2) is 21.0 Å². The van der Waals surface area contributed by atoms with Crippen molar-refractivity contribution in [3.05, 3.63) is 106 Å². The van der Waals surface area contributed by atoms with Crippen LogP contribution in [0.4, 0.5) is 5.69 Å². The van der Waals surface area contributed by atoms with Gasteiger partial charge in [0.15, 0.2) is 0 Å². The van der Waals surface area contributed by atoms with E-state index in [0.29, 0.717) is 10.9 Å². The lowest BCUT2D eigenvalue weighted by Gasteiger charge is -2.11. The molecule has 1 aromatic heterocycles. The zero-order chi connectivity index (χ0) is 23.4. The van der Waals surface area contributed by atoms with Crippen molar-refractivity contribution in [2.24, 2.45) is 0 Å². The molecule has 1 heterocycles. The molecule has 0 spiro atoms. The van der Waals surface area contributed by atoms with Gasteiger partial charge in [0.1, 0.15) is 11.2 Å². The molecule has 0 aliphatic heterocycles. The fourth-order valence-electron chi connectivity index (χ4n) is 4.57. The third-order valence-corrected chi connectivity index (χ3v) is 6.09. The summed E-state index contributed by atoms with van der Waals surface area (Å²) in [5.41, 5.74) is 0.620. The molecule has 0 bridgehead atoms. The SMILES string of the molecule is O=C(O)c1cc(C#Cc2ccc3ccc4cccc5ccc2c3c45)c2cccc([N+](=O)[O-])c2n1. The van der Waals surface area contributed by atoms with E-state index in [9.17, 15) is 20.0 Å². The second kappa shape index (κ2) is 7.26. The fraction of sp³-hybridized carbons (Fsp3) is 0. The number of fused-ring (bicyclic) bond motifs is 1. The lowest BCUT2D eigenvalue weighted by atomic mass is 9.92. The lowest BCUT2D eigenvalue weighted by molar-refractivity contribution is -0.383. The van der Waals surface area contributed by atoms with Crippen LogP contribution in [0.25, 0.3) is 43.2 Å². The summed E-state index contributed by atoms with van der Waals surface area (Å²) in [4.78, 5) is 26.6. The van der Waals surface area contributed by atoms with Gasteiger partial charge in [0.2, 0.25) is 0 Å². The molecule has 0 atom stereocenters. The van der Waals surface area contributed by atoms with Gasteiger partial charge in [0.05, 0.1) is 4.92 Å². The van der Waals surface area contributed by atoms with Gasteiger partial charge < -0.3 is 5.11 Å². The van der Waals surface area contributed by atoms with Gasteiger partial charge in [-0.15, -0.1) is 0 Å². The number of carboxylic acid groups (broad SMARTS) is 1. The molecule has 6 nitrogen and oxygen atoms in total. The van der Waals surface area contributed by atoms with Crippen molar-refractivity contribution in [3.63, 3.8) is 0 Å². The smallest absolute Gasteiger partial charge is 0.354 e. The van der Waals surface area contributed by atoms with Gasteiger partial charge in [-0.25, -0.2) is 9.78 Å². The van der Waals surface area contributed by atoms with Crippen molar-refractivity contribution in [2.75, 3.05) is 0 Å². The Hall–Kier alpha value is -5.02. The van der Waals surface area contributed by atoms with E-state index in [1.54, 1.807) is 12.1 Å². The molecule has 0 aliphatic carbocycles. The highest BCUT2D eigenvalue weighted by Crippen LogP contribution is 2.35. The molecule has 0 unspecified atom stereocenters. The van der Waals surface area contributed by atoms with Gasteiger partial charge in [-0.2, -0.15) is 0 Å². The number of carbonyl (C=O) groups is 1. The molecule has 1 N–H and O–H groups in total. The topological polar surface area (TPSA) is 93.3 Å². The molecule has 34 heavy (non-hydrogen) atoms. The van der Waals surface area contributed by atoms with Crippen LogP contribution in [0.1, 0.15) is 21.6 Å². The highest BCUT2D eigenvalue weighted by atomic mass is 16.6. The quantitative estimate of drug-likeness (QED) is 0.150. The van der Waals surface area contributed by atoms with Crippen molar-refractivity contribution in [1.82, 2.24) is 4.98 Å². The van der Waals surface area contributed by atoms with Crippen molar-refractivity contribution in [1.29, 1.82) is 0 Å². The average Bonchev–Trinajstić information content (AvgIpc) is 2.85. The maximum atomic E-state index is 11.6. The second-order valence-corrected chi connectivity index (χ2v) is 8.01. The van der Waals surface area contributed by atoms with E-state index in [0.717, 1.165) is 32.5 Å². The van der Waals surface area contributed by atoms with Crippen LogP contribution in [0.3, 0.4) is 0 Å². The van der Waals surface area contributed by atoms with E-state index >= 15 is 0 Å². The molecule has 0 radical (unpaired) electrons. The van der Waals surface area contributed by atoms with E-state index in [1.807, 2.05) is 24.3 Å². The molecule has 6 heteroatoms. The number of hydrogen-bond donors (Lipinski definition) is 1. The number of carboxylic acids is 1. The van der Waals surface area contributed by atoms with E-state index in [2.05, 4.69) is 47.2 Å². The minimum atomic E-state index is -1.27. The Morgan fingerprint density at radius 3 is 2.18 bits per heavy atom. The van der Waals surface area contributed by atoms with Gasteiger partial charge in [0.25, 0.3) is 5.69 Å². The van der Waals surface area contributed by atoms with E-state index in [-0.39, 0.29) is 16.9 Å². The Morgan fingerprint density at radius 2 is 1.44 bits per heavy atom. The number of hydrogen-bond acceptors (Lipinski definition) is 4. The molecule has 6 aromatic rings. The molecule has 0 saturated carbocycles. The van der Waals surface area contributed by atoms with Gasteiger partial charge in [0, 0.05) is 22.6 Å². The molecule has 160 valence electrons. The summed E-state index contributed by atoms with van der Waals surface area (Å²) in [5.74, 6) is 4.97. The number of rotatable bonds is 2. The Balaban J connectivity index is 1.62. The molecular weight excluding hydrogens is 428 g/mol. The van der Waals surface area contributed by atoms with Crippen molar-refractivity contribution >= 4 is 54.9 Å². The maximum absolute atomic E-state index is 11.6. The standard InChI is InChI=1S/C28H14N2O4/c31-28(32)23-15-20(22-5-2-6-24(30(33)34)27(22)29-23)12-8-16-7-9-19-11-10-17-3-1-4-18-13-14-21(16)26(19)25(17)18/h1-7,9-11,13-15H,(H,31,32). The molecular formula is C28H14N2O4. The van der Waals surface area contributed by atoms with E-state index in [4.69, 9.17) is 0 Å². The zero-order valence-electron chi connectivity index (χ0n) is 17.6. The van der Waals surface area contributed by atoms with Crippen LogP contribution in [0.5, 0.6) is 0 Å². The van der Waals surface area contributed by atoms with Gasteiger partial charge >= 0.3 is 5.97 Å². The number of non-ortho nitro benzene ring substituents is 1. The third kappa shape index (κ3) is 2.92. The first-order valence-corrected chi connectivity index (χ1v) is 10.5. The number of aromatic nitrogens is 1. The summed E-state index contributed by atoms with van der Waals surface area (Å²) in [6.45, 7) is 0. The first-order chi connectivity index (χ1) is 16.5. The predicted molar refractivity (Wildman–Crippen MR) is 131 cm³/mol. The van der Waals surface area contributed by atoms with Crippen LogP contribution in [0.2, 0.25) is 0 Å². The number of nitro groups is 1. The minimum absolute atomic E-state index is 0.00656. The Bertz CT molecular complexity index is 1860. The summed E-state index contributed by atoms with van der Waals surface area (Å²) in [5, 5.41) is 28.1. The number of aromatic carboxylic acids is 1. The summed E-state index contributed by atoms with van der Waals surface area (Å²) >= 11 is 0. The summed E-state index contributed by atoms with van der Waals surface area (Å²) < 4.78 is 0. The van der Waals surface area contributed by atoms with Gasteiger partial charge in [-0.05, 0) is 44.5 Å². The molecule has 6 rings (SSSR count). The summed E-state index contributed by atoms with van der Waals surface area (Å²) in [6, 6.07) is 24.4. The molecule has 0 amide bonds. The van der Waals surface area contributed by atoms with Crippen LogP contribution in [0.15, 0.2) is 78.9 Å². The van der Waals surface area contributed by atoms with Crippen LogP contribution < -0.4 is 0 Å². The zero-order valence-corrected chi connectivity index (χ0v) is 17.6. The Morgan fingerprint density at radius 1 is 0.794 bits per heavy atom. The third-order valence-electron chi connectivity index (χ3n) is 6.09. The number of nitrogens with zero attached hydrogens (tertiary/aromatic N) is 2. The molecule has 0 saturated heterocycles. The number of pyridine rings is 1. The summed E-state index contributed by atoms with van der Waals surface area (Å²) in [6.07, 6.45) is 0. The Labute approximate surface area is 192 Å². The van der Waals surface area contributed by atoms with Crippen molar-refractivity contribution < 1.29 is 14.8 Å². The molecule has 0 aliphatic rings. The van der Waals surface area contributed by atoms with Crippen LogP contribution >= 0.6 is 0 Å². The fourth-order valence-corrected chi connectivity index (χ4v) is 4.57. The van der Waals surface area contributed by atoms with Crippen LogP contribution in [-0.2, 0) is 0 Å². The normalized spacial score (nSPS) is 11.2. The first kappa shape index (κ1) is 19.6. The van der Waals surface area contributed by atoms with Gasteiger partial charge in [-0.3, -0.25) is 10.1 Å². The summed E-state index contributed by atoms with van der Waals surface area (Å²) in [7, 11) is 0. The average molecular weight is 442 g/mol.